The monoisotopic (exact) mass is 238 g/mol. The number of benzene rings is 2. The predicted molar refractivity (Wildman–Crippen MR) is 77.6 cm³/mol. The molecule has 0 saturated carbocycles. The third kappa shape index (κ3) is 2.54. The molecule has 2 rings (SSSR count). The van der Waals surface area contributed by atoms with Crippen molar-refractivity contribution < 1.29 is 0 Å². The average molecular weight is 238 g/mol. The standard InChI is InChI=1S/C16H18N2/c1-18(2)16(14-11-7-4-8-12-14)15(17)13-9-5-3-6-10-13/h3-12H,17H2,1-2H3/b16-15+. The molecule has 0 fully saturated rings. The van der Waals surface area contributed by atoms with E-state index in [2.05, 4.69) is 17.0 Å². The lowest BCUT2D eigenvalue weighted by Crippen LogP contribution is -2.15. The molecule has 0 atom stereocenters. The fraction of sp³-hybridized carbons (Fsp3) is 0.125. The molecule has 0 bridgehead atoms. The van der Waals surface area contributed by atoms with E-state index in [0.29, 0.717) is 0 Å². The molecule has 0 aromatic heterocycles. The van der Waals surface area contributed by atoms with Gasteiger partial charge in [-0.25, -0.2) is 0 Å². The van der Waals surface area contributed by atoms with E-state index in [9.17, 15) is 0 Å². The zero-order chi connectivity index (χ0) is 13.0. The maximum Gasteiger partial charge on any atom is 0.0674 e. The topological polar surface area (TPSA) is 29.3 Å². The van der Waals surface area contributed by atoms with Gasteiger partial charge < -0.3 is 10.6 Å². The first-order chi connectivity index (χ1) is 8.70. The Morgan fingerprint density at radius 1 is 0.778 bits per heavy atom. The first kappa shape index (κ1) is 12.2. The van der Waals surface area contributed by atoms with E-state index in [-0.39, 0.29) is 0 Å². The van der Waals surface area contributed by atoms with Gasteiger partial charge in [-0.3, -0.25) is 0 Å². The molecule has 2 nitrogen and oxygen atoms in total. The molecule has 0 spiro atoms. The summed E-state index contributed by atoms with van der Waals surface area (Å²) < 4.78 is 0. The van der Waals surface area contributed by atoms with Crippen molar-refractivity contribution in [3.8, 4) is 0 Å². The van der Waals surface area contributed by atoms with Crippen molar-refractivity contribution in [3.63, 3.8) is 0 Å². The summed E-state index contributed by atoms with van der Waals surface area (Å²) in [5.41, 5.74) is 10.3. The minimum atomic E-state index is 0.798. The normalized spacial score (nSPS) is 11.9. The molecule has 0 saturated heterocycles. The minimum absolute atomic E-state index is 0.798. The number of hydrogen-bond acceptors (Lipinski definition) is 2. The van der Waals surface area contributed by atoms with E-state index in [1.807, 2.05) is 62.6 Å². The Hall–Kier alpha value is -2.22. The summed E-state index contributed by atoms with van der Waals surface area (Å²) in [7, 11) is 4.02. The van der Waals surface area contributed by atoms with Crippen LogP contribution in [0.25, 0.3) is 11.4 Å². The molecular weight excluding hydrogens is 220 g/mol. The van der Waals surface area contributed by atoms with Crippen LogP contribution in [-0.2, 0) is 0 Å². The molecule has 18 heavy (non-hydrogen) atoms. The maximum absolute atomic E-state index is 6.31. The maximum atomic E-state index is 6.31. The number of nitrogens with two attached hydrogens (primary N) is 1. The Balaban J connectivity index is 2.55. The van der Waals surface area contributed by atoms with Crippen molar-refractivity contribution in [3.05, 3.63) is 71.8 Å². The lowest BCUT2D eigenvalue weighted by molar-refractivity contribution is 0.592. The van der Waals surface area contributed by atoms with Crippen molar-refractivity contribution in [1.82, 2.24) is 4.90 Å². The Morgan fingerprint density at radius 3 is 1.67 bits per heavy atom. The molecular formula is C16H18N2. The SMILES string of the molecule is CN(C)/C(=C(/N)c1ccccc1)c1ccccc1. The van der Waals surface area contributed by atoms with Crippen LogP contribution < -0.4 is 5.73 Å². The van der Waals surface area contributed by atoms with Gasteiger partial charge in [0.25, 0.3) is 0 Å². The van der Waals surface area contributed by atoms with Crippen molar-refractivity contribution >= 4 is 11.4 Å². The van der Waals surface area contributed by atoms with Crippen LogP contribution in [0.1, 0.15) is 11.1 Å². The first-order valence-electron chi connectivity index (χ1n) is 5.98. The van der Waals surface area contributed by atoms with Crippen LogP contribution >= 0.6 is 0 Å². The third-order valence-electron chi connectivity index (χ3n) is 2.83. The molecule has 0 unspecified atom stereocenters. The number of hydrogen-bond donors (Lipinski definition) is 1. The summed E-state index contributed by atoms with van der Waals surface area (Å²) in [4.78, 5) is 2.05. The second-order valence-corrected chi connectivity index (χ2v) is 4.39. The van der Waals surface area contributed by atoms with Crippen LogP contribution in [0.5, 0.6) is 0 Å². The van der Waals surface area contributed by atoms with Crippen LogP contribution in [0.3, 0.4) is 0 Å². The van der Waals surface area contributed by atoms with E-state index in [0.717, 1.165) is 22.5 Å². The Labute approximate surface area is 108 Å². The third-order valence-corrected chi connectivity index (χ3v) is 2.83. The highest BCUT2D eigenvalue weighted by Crippen LogP contribution is 2.24. The molecule has 2 aromatic rings. The molecule has 0 radical (unpaired) electrons. The van der Waals surface area contributed by atoms with Crippen LogP contribution in [0, 0.1) is 0 Å². The van der Waals surface area contributed by atoms with Crippen molar-refractivity contribution in [1.29, 1.82) is 0 Å². The molecule has 0 aliphatic heterocycles. The van der Waals surface area contributed by atoms with Gasteiger partial charge in [0.05, 0.1) is 11.4 Å². The van der Waals surface area contributed by atoms with E-state index < -0.39 is 0 Å². The highest BCUT2D eigenvalue weighted by Gasteiger charge is 2.10. The van der Waals surface area contributed by atoms with Gasteiger partial charge in [0.2, 0.25) is 0 Å². The molecule has 0 aliphatic rings. The van der Waals surface area contributed by atoms with E-state index in [4.69, 9.17) is 5.73 Å². The van der Waals surface area contributed by atoms with Gasteiger partial charge in [0.15, 0.2) is 0 Å². The molecule has 0 amide bonds. The van der Waals surface area contributed by atoms with Gasteiger partial charge in [-0.2, -0.15) is 0 Å². The van der Waals surface area contributed by atoms with Gasteiger partial charge in [-0.15, -0.1) is 0 Å². The second-order valence-electron chi connectivity index (χ2n) is 4.39. The first-order valence-corrected chi connectivity index (χ1v) is 5.98. The zero-order valence-corrected chi connectivity index (χ0v) is 10.8. The molecule has 2 N–H and O–H groups in total. The van der Waals surface area contributed by atoms with E-state index >= 15 is 0 Å². The lowest BCUT2D eigenvalue weighted by Gasteiger charge is -2.20. The fourth-order valence-electron chi connectivity index (χ4n) is 2.01. The summed E-state index contributed by atoms with van der Waals surface area (Å²) in [5.74, 6) is 0. The van der Waals surface area contributed by atoms with Gasteiger partial charge in [-0.05, 0) is 11.1 Å². The molecule has 0 heterocycles. The zero-order valence-electron chi connectivity index (χ0n) is 10.8. The van der Waals surface area contributed by atoms with Crippen LogP contribution in [-0.4, -0.2) is 19.0 Å². The summed E-state index contributed by atoms with van der Waals surface area (Å²) >= 11 is 0. The van der Waals surface area contributed by atoms with Gasteiger partial charge in [0.1, 0.15) is 0 Å². The van der Waals surface area contributed by atoms with Crippen molar-refractivity contribution in [2.24, 2.45) is 5.73 Å². The van der Waals surface area contributed by atoms with Crippen molar-refractivity contribution in [2.45, 2.75) is 0 Å². The van der Waals surface area contributed by atoms with Crippen LogP contribution in [0.4, 0.5) is 0 Å². The summed E-state index contributed by atoms with van der Waals surface area (Å²) in [6, 6.07) is 20.3. The van der Waals surface area contributed by atoms with E-state index in [1.165, 1.54) is 0 Å². The Bertz CT molecular complexity index is 528. The number of rotatable bonds is 3. The summed E-state index contributed by atoms with van der Waals surface area (Å²) in [6.07, 6.45) is 0. The number of nitrogens with zero attached hydrogens (tertiary/aromatic N) is 1. The lowest BCUT2D eigenvalue weighted by atomic mass is 10.0. The second kappa shape index (κ2) is 5.41. The Morgan fingerprint density at radius 2 is 1.22 bits per heavy atom. The largest absolute Gasteiger partial charge is 0.397 e. The van der Waals surface area contributed by atoms with Gasteiger partial charge in [-0.1, -0.05) is 60.7 Å². The summed E-state index contributed by atoms with van der Waals surface area (Å²) in [5, 5.41) is 0. The molecule has 92 valence electrons. The van der Waals surface area contributed by atoms with Gasteiger partial charge in [0, 0.05) is 14.1 Å². The van der Waals surface area contributed by atoms with Crippen LogP contribution in [0.2, 0.25) is 0 Å². The van der Waals surface area contributed by atoms with Crippen LogP contribution in [0.15, 0.2) is 60.7 Å². The molecule has 0 aliphatic carbocycles. The highest BCUT2D eigenvalue weighted by molar-refractivity contribution is 5.88. The molecule has 2 heteroatoms. The average Bonchev–Trinajstić information content (AvgIpc) is 2.40. The van der Waals surface area contributed by atoms with Gasteiger partial charge >= 0.3 is 0 Å². The summed E-state index contributed by atoms with van der Waals surface area (Å²) in [6.45, 7) is 0. The minimum Gasteiger partial charge on any atom is -0.397 e. The fourth-order valence-corrected chi connectivity index (χ4v) is 2.01. The highest BCUT2D eigenvalue weighted by atomic mass is 15.1. The Kier molecular flexibility index (Phi) is 3.68. The van der Waals surface area contributed by atoms with E-state index in [1.54, 1.807) is 0 Å². The quantitative estimate of drug-likeness (QED) is 0.833. The molecule has 2 aromatic carbocycles. The van der Waals surface area contributed by atoms with Crippen molar-refractivity contribution in [2.75, 3.05) is 14.1 Å². The predicted octanol–water partition coefficient (Wildman–Crippen LogP) is 3.03. The smallest absolute Gasteiger partial charge is 0.0674 e.